The highest BCUT2D eigenvalue weighted by Gasteiger charge is 2.34. The Kier molecular flexibility index (Phi) is 5.35. The van der Waals surface area contributed by atoms with Crippen molar-refractivity contribution in [2.24, 2.45) is 0 Å². The number of nitrogens with one attached hydrogen (secondary N) is 2. The molecule has 5 nitrogen and oxygen atoms in total. The predicted molar refractivity (Wildman–Crippen MR) is 114 cm³/mol. The quantitative estimate of drug-likeness (QED) is 0.782. The topological polar surface area (TPSA) is 53.6 Å². The van der Waals surface area contributed by atoms with Crippen LogP contribution in [-0.4, -0.2) is 36.5 Å². The first-order valence-corrected chi connectivity index (χ1v) is 10.0. The molecule has 2 aromatic rings. The van der Waals surface area contributed by atoms with E-state index in [1.54, 1.807) is 6.20 Å². The van der Waals surface area contributed by atoms with Crippen LogP contribution < -0.4 is 15.4 Å². The molecule has 5 rings (SSSR count). The third kappa shape index (κ3) is 3.76. The summed E-state index contributed by atoms with van der Waals surface area (Å²) < 4.78 is 5.41. The van der Waals surface area contributed by atoms with Crippen LogP contribution >= 0.6 is 0 Å². The Labute approximate surface area is 166 Å². The molecule has 0 unspecified atom stereocenters. The summed E-state index contributed by atoms with van der Waals surface area (Å²) in [5.74, 6) is 0.753. The summed E-state index contributed by atoms with van der Waals surface area (Å²) in [5.41, 5.74) is 4.47. The molecule has 28 heavy (non-hydrogen) atoms. The van der Waals surface area contributed by atoms with Crippen molar-refractivity contribution < 1.29 is 9.53 Å². The highest BCUT2D eigenvalue weighted by molar-refractivity contribution is 6.32. The highest BCUT2D eigenvalue weighted by atomic mass is 16.5. The molecule has 0 aromatic heterocycles. The Morgan fingerprint density at radius 1 is 1.18 bits per heavy atom. The first kappa shape index (κ1) is 18.6. The zero-order valence-electron chi connectivity index (χ0n) is 16.5. The maximum absolute atomic E-state index is 12.1. The van der Waals surface area contributed by atoms with E-state index in [-0.39, 0.29) is 5.91 Å². The molecule has 3 aliphatic heterocycles. The molecule has 0 bridgehead atoms. The number of ether oxygens (including phenoxy) is 1. The molecule has 3 heterocycles. The van der Waals surface area contributed by atoms with Gasteiger partial charge in [0.25, 0.3) is 5.91 Å². The molecule has 1 amide bonds. The normalized spacial score (nSPS) is 18.8. The average molecular weight is 377 g/mol. The Balaban J connectivity index is 0.000000268. The second kappa shape index (κ2) is 8.07. The molecular weight excluding hydrogens is 350 g/mol. The number of hydrogen-bond acceptors (Lipinski definition) is 4. The first-order valence-electron chi connectivity index (χ1n) is 10.0. The number of fused-ring (bicyclic) bond motifs is 2. The van der Waals surface area contributed by atoms with Crippen LogP contribution in [0.15, 0.2) is 48.7 Å². The Morgan fingerprint density at radius 2 is 1.89 bits per heavy atom. The summed E-state index contributed by atoms with van der Waals surface area (Å²) >= 11 is 0. The van der Waals surface area contributed by atoms with Crippen LogP contribution in [0.25, 0.3) is 5.57 Å². The fourth-order valence-electron chi connectivity index (χ4n) is 3.78. The van der Waals surface area contributed by atoms with E-state index in [0.717, 1.165) is 34.3 Å². The number of carbonyl (C=O) groups is 1. The molecule has 0 aliphatic carbocycles. The van der Waals surface area contributed by atoms with Crippen LogP contribution in [-0.2, 0) is 4.79 Å². The molecule has 0 atom stereocenters. The van der Waals surface area contributed by atoms with Crippen LogP contribution in [0.4, 0.5) is 11.4 Å². The van der Waals surface area contributed by atoms with Gasteiger partial charge in [-0.05, 0) is 75.7 Å². The number of nitrogens with zero attached hydrogens (tertiary/aromatic N) is 1. The van der Waals surface area contributed by atoms with E-state index in [0.29, 0.717) is 12.2 Å². The summed E-state index contributed by atoms with van der Waals surface area (Å²) in [5, 5.41) is 6.06. The van der Waals surface area contributed by atoms with Crippen molar-refractivity contribution in [2.75, 3.05) is 30.3 Å². The lowest BCUT2D eigenvalue weighted by molar-refractivity contribution is -0.110. The van der Waals surface area contributed by atoms with Crippen molar-refractivity contribution in [3.63, 3.8) is 0 Å². The molecule has 0 spiro atoms. The van der Waals surface area contributed by atoms with Gasteiger partial charge in [-0.2, -0.15) is 0 Å². The van der Waals surface area contributed by atoms with Gasteiger partial charge in [0.15, 0.2) is 0 Å². The predicted octanol–water partition coefficient (Wildman–Crippen LogP) is 4.26. The van der Waals surface area contributed by atoms with Gasteiger partial charge in [-0.1, -0.05) is 12.1 Å². The van der Waals surface area contributed by atoms with Gasteiger partial charge in [-0.25, -0.2) is 0 Å². The van der Waals surface area contributed by atoms with E-state index in [1.165, 1.54) is 25.9 Å². The van der Waals surface area contributed by atoms with E-state index < -0.39 is 0 Å². The minimum Gasteiger partial charge on any atom is -0.494 e. The third-order valence-corrected chi connectivity index (χ3v) is 5.60. The number of rotatable bonds is 4. The molecular formula is C23H27N3O2. The van der Waals surface area contributed by atoms with Crippen LogP contribution in [0, 0.1) is 6.92 Å². The standard InChI is InChI=1S/C18H18N2O2.C5H9N/c1-3-22-14-9-7-13(8-10-14)19-11-15-17-12(2)5-4-6-16(17)20-18(15)21;1-3-6-4-2-5(1)6/h4-11,19H,3H2,1-2H3,(H,20,21);5H,1-4H2. The van der Waals surface area contributed by atoms with Gasteiger partial charge < -0.3 is 20.3 Å². The number of benzene rings is 2. The third-order valence-electron chi connectivity index (χ3n) is 5.60. The summed E-state index contributed by atoms with van der Waals surface area (Å²) in [4.78, 5) is 14.6. The van der Waals surface area contributed by atoms with Crippen molar-refractivity contribution in [2.45, 2.75) is 32.7 Å². The fourth-order valence-corrected chi connectivity index (χ4v) is 3.78. The van der Waals surface area contributed by atoms with Gasteiger partial charge in [0.1, 0.15) is 5.75 Å². The second-order valence-corrected chi connectivity index (χ2v) is 7.38. The zero-order chi connectivity index (χ0) is 19.5. The number of piperidine rings is 1. The van der Waals surface area contributed by atoms with Crippen LogP contribution in [0.2, 0.25) is 0 Å². The Hall–Kier alpha value is -2.79. The van der Waals surface area contributed by atoms with Gasteiger partial charge in [0, 0.05) is 29.2 Å². The van der Waals surface area contributed by atoms with Crippen LogP contribution in [0.3, 0.4) is 0 Å². The zero-order valence-corrected chi connectivity index (χ0v) is 16.5. The number of aryl methyl sites for hydroxylation is 1. The highest BCUT2D eigenvalue weighted by Crippen LogP contribution is 2.34. The molecule has 2 aromatic carbocycles. The van der Waals surface area contributed by atoms with E-state index in [1.807, 2.05) is 56.3 Å². The molecule has 3 aliphatic rings. The maximum Gasteiger partial charge on any atom is 0.257 e. The van der Waals surface area contributed by atoms with Crippen molar-refractivity contribution in [3.05, 3.63) is 59.8 Å². The van der Waals surface area contributed by atoms with Crippen molar-refractivity contribution in [1.29, 1.82) is 0 Å². The molecule has 5 heteroatoms. The number of amides is 1. The summed E-state index contributed by atoms with van der Waals surface area (Å²) in [6, 6.07) is 14.6. The summed E-state index contributed by atoms with van der Waals surface area (Å²) in [7, 11) is 0. The number of hydrogen-bond donors (Lipinski definition) is 2. The molecule has 2 saturated heterocycles. The van der Waals surface area contributed by atoms with Gasteiger partial charge in [-0.15, -0.1) is 0 Å². The van der Waals surface area contributed by atoms with E-state index in [2.05, 4.69) is 15.5 Å². The van der Waals surface area contributed by atoms with Crippen LogP contribution in [0.5, 0.6) is 5.75 Å². The molecule has 2 fully saturated rings. The van der Waals surface area contributed by atoms with Crippen LogP contribution in [0.1, 0.15) is 30.9 Å². The summed E-state index contributed by atoms with van der Waals surface area (Å²) in [6.45, 7) is 7.39. The minimum absolute atomic E-state index is 0.0808. The molecule has 146 valence electrons. The maximum atomic E-state index is 12.1. The first-order chi connectivity index (χ1) is 13.7. The number of anilines is 2. The van der Waals surface area contributed by atoms with Gasteiger partial charge >= 0.3 is 0 Å². The van der Waals surface area contributed by atoms with Crippen molar-refractivity contribution >= 4 is 22.9 Å². The van der Waals surface area contributed by atoms with Gasteiger partial charge in [0.05, 0.1) is 12.2 Å². The van der Waals surface area contributed by atoms with Gasteiger partial charge in [-0.3, -0.25) is 4.79 Å². The lowest BCUT2D eigenvalue weighted by atomic mass is 9.91. The average Bonchev–Trinajstić information content (AvgIpc) is 3.01. The Morgan fingerprint density at radius 3 is 2.46 bits per heavy atom. The fraction of sp³-hybridized carbons (Fsp3) is 0.348. The molecule has 0 saturated carbocycles. The molecule has 2 N–H and O–H groups in total. The second-order valence-electron chi connectivity index (χ2n) is 7.38. The van der Waals surface area contributed by atoms with Crippen molar-refractivity contribution in [3.8, 4) is 5.75 Å². The SMILES string of the molecule is C1CN2CCC12.CCOc1ccc(NC=C2C(=O)Nc3cccc(C)c32)cc1. The minimum atomic E-state index is -0.0808. The monoisotopic (exact) mass is 377 g/mol. The lowest BCUT2D eigenvalue weighted by Crippen LogP contribution is -2.57. The summed E-state index contributed by atoms with van der Waals surface area (Å²) in [6.07, 6.45) is 4.73. The van der Waals surface area contributed by atoms with Gasteiger partial charge in [0.2, 0.25) is 0 Å². The van der Waals surface area contributed by atoms with E-state index in [9.17, 15) is 4.79 Å². The smallest absolute Gasteiger partial charge is 0.257 e. The largest absolute Gasteiger partial charge is 0.494 e. The van der Waals surface area contributed by atoms with E-state index >= 15 is 0 Å². The number of carbonyl (C=O) groups excluding carboxylic acids is 1. The Bertz CT molecular complexity index is 871. The lowest BCUT2D eigenvalue weighted by Gasteiger charge is -2.50. The van der Waals surface area contributed by atoms with E-state index in [4.69, 9.17) is 4.74 Å². The molecule has 0 radical (unpaired) electrons. The van der Waals surface area contributed by atoms with Crippen molar-refractivity contribution in [1.82, 2.24) is 4.90 Å².